The van der Waals surface area contributed by atoms with E-state index < -0.39 is 11.8 Å². The Morgan fingerprint density at radius 2 is 2.16 bits per heavy atom. The highest BCUT2D eigenvalue weighted by molar-refractivity contribution is 6.33. The number of fused-ring (bicyclic) bond motifs is 1. The van der Waals surface area contributed by atoms with Gasteiger partial charge in [-0.15, -0.1) is 0 Å². The highest BCUT2D eigenvalue weighted by atomic mass is 35.5. The number of nitriles is 1. The van der Waals surface area contributed by atoms with E-state index in [9.17, 15) is 14.4 Å². The number of carbonyl (C=O) groups excluding carboxylic acids is 1. The smallest absolute Gasteiger partial charge is 0.326 e. The second-order valence-electron chi connectivity index (χ2n) is 7.05. The van der Waals surface area contributed by atoms with Crippen molar-refractivity contribution >= 4 is 40.5 Å². The summed E-state index contributed by atoms with van der Waals surface area (Å²) in [7, 11) is 1.57. The number of carbonyl (C=O) groups is 1. The van der Waals surface area contributed by atoms with Gasteiger partial charge >= 0.3 is 6.03 Å². The van der Waals surface area contributed by atoms with Gasteiger partial charge in [-0.2, -0.15) is 5.26 Å². The first-order chi connectivity index (χ1) is 15.0. The Kier molecular flexibility index (Phi) is 5.69. The van der Waals surface area contributed by atoms with Gasteiger partial charge in [0.15, 0.2) is 5.82 Å². The molecule has 0 radical (unpaired) electrons. The number of pyridine rings is 2. The molecule has 2 aromatic heterocycles. The average molecular weight is 437 g/mol. The maximum Gasteiger partial charge on any atom is 0.326 e. The zero-order valence-electron chi connectivity index (χ0n) is 16.6. The van der Waals surface area contributed by atoms with Crippen molar-refractivity contribution in [3.63, 3.8) is 0 Å². The number of anilines is 4. The molecule has 0 aliphatic carbocycles. The predicted octanol–water partition coefficient (Wildman–Crippen LogP) is 4.89. The Bertz CT molecular complexity index is 1170. The molecule has 9 heteroatoms. The molecule has 7 nitrogen and oxygen atoms in total. The van der Waals surface area contributed by atoms with Crippen molar-refractivity contribution < 1.29 is 9.18 Å². The van der Waals surface area contributed by atoms with Gasteiger partial charge in [0.1, 0.15) is 11.5 Å². The molecule has 0 unspecified atom stereocenters. The molecule has 31 heavy (non-hydrogen) atoms. The minimum atomic E-state index is -0.720. The molecule has 0 saturated heterocycles. The molecule has 1 N–H and O–H groups in total. The third-order valence-corrected chi connectivity index (χ3v) is 5.40. The molecule has 0 atom stereocenters. The summed E-state index contributed by atoms with van der Waals surface area (Å²) in [6.45, 7) is 0.742. The summed E-state index contributed by atoms with van der Waals surface area (Å²) < 4.78 is 14.0. The zero-order valence-corrected chi connectivity index (χ0v) is 17.4. The normalized spacial score (nSPS) is 12.6. The van der Waals surface area contributed by atoms with E-state index in [4.69, 9.17) is 11.6 Å². The monoisotopic (exact) mass is 436 g/mol. The summed E-state index contributed by atoms with van der Waals surface area (Å²) in [5.74, 6) is -0.0656. The van der Waals surface area contributed by atoms with Crippen molar-refractivity contribution in [3.05, 3.63) is 70.9 Å². The number of rotatable bonds is 3. The molecule has 2 amide bonds. The zero-order chi connectivity index (χ0) is 22.0. The van der Waals surface area contributed by atoms with Gasteiger partial charge in [-0.05, 0) is 36.6 Å². The Morgan fingerprint density at radius 1 is 1.32 bits per heavy atom. The van der Waals surface area contributed by atoms with Crippen LogP contribution in [0.5, 0.6) is 0 Å². The van der Waals surface area contributed by atoms with Crippen LogP contribution in [0.1, 0.15) is 17.5 Å². The average Bonchev–Trinajstić information content (AvgIpc) is 2.80. The highest BCUT2D eigenvalue weighted by Gasteiger charge is 2.22. The summed E-state index contributed by atoms with van der Waals surface area (Å²) in [6, 6.07) is 10.7. The van der Waals surface area contributed by atoms with Gasteiger partial charge in [0.05, 0.1) is 28.5 Å². The number of halogens is 2. The number of aromatic nitrogens is 2. The van der Waals surface area contributed by atoms with Crippen LogP contribution in [0.4, 0.5) is 32.1 Å². The SMILES string of the molecule is CN(C(=O)Nc1c(F)cncc1Cl)c1ccnc(N2CCCc3ccc(C#N)cc32)c1. The number of urea groups is 1. The van der Waals surface area contributed by atoms with Crippen LogP contribution in [0.2, 0.25) is 5.02 Å². The fourth-order valence-corrected chi connectivity index (χ4v) is 3.68. The Morgan fingerprint density at radius 3 is 2.94 bits per heavy atom. The number of aryl methyl sites for hydroxylation is 1. The van der Waals surface area contributed by atoms with Gasteiger partial charge < -0.3 is 10.2 Å². The first kappa shape index (κ1) is 20.6. The van der Waals surface area contributed by atoms with Gasteiger partial charge in [0.25, 0.3) is 0 Å². The Labute approximate surface area is 183 Å². The van der Waals surface area contributed by atoms with Gasteiger partial charge in [-0.3, -0.25) is 9.88 Å². The quantitative estimate of drug-likeness (QED) is 0.631. The minimum Gasteiger partial charge on any atom is -0.326 e. The second-order valence-corrected chi connectivity index (χ2v) is 7.46. The number of hydrogen-bond acceptors (Lipinski definition) is 5. The molecule has 0 fully saturated rings. The van der Waals surface area contributed by atoms with E-state index in [1.807, 2.05) is 23.1 Å². The Balaban J connectivity index is 1.61. The van der Waals surface area contributed by atoms with E-state index in [1.54, 1.807) is 25.4 Å². The van der Waals surface area contributed by atoms with Crippen LogP contribution in [-0.4, -0.2) is 29.6 Å². The first-order valence-electron chi connectivity index (χ1n) is 9.58. The molecule has 1 aliphatic heterocycles. The van der Waals surface area contributed by atoms with Crippen LogP contribution in [0.25, 0.3) is 0 Å². The minimum absolute atomic E-state index is 0.00962. The molecular formula is C22H18ClFN6O. The molecular weight excluding hydrogens is 419 g/mol. The van der Waals surface area contributed by atoms with Crippen LogP contribution in [0.3, 0.4) is 0 Å². The fraction of sp³-hybridized carbons (Fsp3) is 0.182. The van der Waals surface area contributed by atoms with Gasteiger partial charge in [-0.1, -0.05) is 17.7 Å². The van der Waals surface area contributed by atoms with E-state index in [1.165, 1.54) is 11.1 Å². The molecule has 0 bridgehead atoms. The van der Waals surface area contributed by atoms with Crippen LogP contribution in [-0.2, 0) is 6.42 Å². The van der Waals surface area contributed by atoms with Crippen LogP contribution in [0, 0.1) is 17.1 Å². The largest absolute Gasteiger partial charge is 0.326 e. The van der Waals surface area contributed by atoms with E-state index in [0.29, 0.717) is 17.1 Å². The lowest BCUT2D eigenvalue weighted by Gasteiger charge is -2.31. The van der Waals surface area contributed by atoms with Crippen molar-refractivity contribution in [1.29, 1.82) is 5.26 Å². The molecule has 1 aliphatic rings. The molecule has 3 aromatic rings. The van der Waals surface area contributed by atoms with E-state index >= 15 is 0 Å². The molecule has 0 saturated carbocycles. The highest BCUT2D eigenvalue weighted by Crippen LogP contribution is 2.34. The molecule has 0 spiro atoms. The molecule has 1 aromatic carbocycles. The van der Waals surface area contributed by atoms with Crippen molar-refractivity contribution in [1.82, 2.24) is 9.97 Å². The number of benzene rings is 1. The number of amides is 2. The summed E-state index contributed by atoms with van der Waals surface area (Å²) in [6.07, 6.45) is 5.72. The summed E-state index contributed by atoms with van der Waals surface area (Å²) >= 11 is 5.95. The standard InChI is InChI=1S/C22H18ClFN6O/c1-29(22(31)28-21-17(23)12-26-13-18(21)24)16-6-7-27-20(10-16)30-8-2-3-15-5-4-14(11-25)9-19(15)30/h4-7,9-10,12-13H,2-3,8H2,1H3,(H,26,28,31). The summed E-state index contributed by atoms with van der Waals surface area (Å²) in [4.78, 5) is 24.2. The van der Waals surface area contributed by atoms with E-state index in [2.05, 4.69) is 21.4 Å². The number of nitrogens with one attached hydrogen (secondary N) is 1. The van der Waals surface area contributed by atoms with E-state index in [0.717, 1.165) is 36.8 Å². The molecule has 3 heterocycles. The van der Waals surface area contributed by atoms with Crippen LogP contribution >= 0.6 is 11.6 Å². The van der Waals surface area contributed by atoms with Crippen LogP contribution in [0.15, 0.2) is 48.9 Å². The van der Waals surface area contributed by atoms with Crippen LogP contribution < -0.4 is 15.1 Å². The Hall–Kier alpha value is -3.70. The van der Waals surface area contributed by atoms with Crippen molar-refractivity contribution in [2.75, 3.05) is 28.7 Å². The van der Waals surface area contributed by atoms with Gasteiger partial charge in [-0.25, -0.2) is 14.2 Å². The lowest BCUT2D eigenvalue weighted by Crippen LogP contribution is -2.32. The maximum atomic E-state index is 14.0. The first-order valence-corrected chi connectivity index (χ1v) is 9.96. The predicted molar refractivity (Wildman–Crippen MR) is 117 cm³/mol. The second kappa shape index (κ2) is 8.58. The topological polar surface area (TPSA) is 85.2 Å². The van der Waals surface area contributed by atoms with E-state index in [-0.39, 0.29) is 10.7 Å². The number of nitrogens with zero attached hydrogens (tertiary/aromatic N) is 5. The van der Waals surface area contributed by atoms with Gasteiger partial charge in [0.2, 0.25) is 0 Å². The molecule has 4 rings (SSSR count). The lowest BCUT2D eigenvalue weighted by molar-refractivity contribution is 0.258. The maximum absolute atomic E-state index is 14.0. The fourth-order valence-electron chi connectivity index (χ4n) is 3.48. The van der Waals surface area contributed by atoms with Crippen molar-refractivity contribution in [2.24, 2.45) is 0 Å². The van der Waals surface area contributed by atoms with Gasteiger partial charge in [0, 0.05) is 37.7 Å². The third kappa shape index (κ3) is 4.13. The van der Waals surface area contributed by atoms with Crippen molar-refractivity contribution in [2.45, 2.75) is 12.8 Å². The molecule has 156 valence electrons. The number of hydrogen-bond donors (Lipinski definition) is 1. The summed E-state index contributed by atoms with van der Waals surface area (Å²) in [5, 5.41) is 11.7. The van der Waals surface area contributed by atoms with Crippen molar-refractivity contribution in [3.8, 4) is 6.07 Å². The third-order valence-electron chi connectivity index (χ3n) is 5.12. The lowest BCUT2D eigenvalue weighted by atomic mass is 9.99. The summed E-state index contributed by atoms with van der Waals surface area (Å²) in [5.41, 5.74) is 3.10.